The maximum absolute atomic E-state index is 12.6. The molecule has 38 heavy (non-hydrogen) atoms. The predicted molar refractivity (Wildman–Crippen MR) is 149 cm³/mol. The molecule has 0 spiro atoms. The number of nitrogens with zero attached hydrogens (tertiary/aromatic N) is 3. The standard InChI is InChI=1S/C31H28N4O3/c1-5-18-34-23(4)28(27-8-6-7-9-29(27)34)19-32-33-31(36)30-17-16-26(38-30)20-37-25-14-12-24(13-15-25)35-21(2)10-11-22(35)3/h1,6-17,19H,18,20H2,2-4H3,(H,33,36)/b32-19+. The van der Waals surface area contributed by atoms with Crippen LogP contribution in [0.4, 0.5) is 0 Å². The molecule has 0 saturated carbocycles. The fourth-order valence-electron chi connectivity index (χ4n) is 4.63. The highest BCUT2D eigenvalue weighted by Crippen LogP contribution is 2.24. The minimum absolute atomic E-state index is 0.154. The van der Waals surface area contributed by atoms with Gasteiger partial charge >= 0.3 is 5.91 Å². The Hall–Kier alpha value is -4.96. The third-order valence-corrected chi connectivity index (χ3v) is 6.52. The van der Waals surface area contributed by atoms with Gasteiger partial charge in [-0.25, -0.2) is 5.43 Å². The third kappa shape index (κ3) is 4.84. The molecule has 0 aliphatic carbocycles. The summed E-state index contributed by atoms with van der Waals surface area (Å²) >= 11 is 0. The SMILES string of the molecule is C#CCn1c(C)c(/C=N/NC(=O)c2ccc(COc3ccc(-n4c(C)ccc4C)cc3)o2)c2ccccc21. The summed E-state index contributed by atoms with van der Waals surface area (Å²) in [6, 6.07) is 23.3. The zero-order valence-corrected chi connectivity index (χ0v) is 21.6. The molecule has 0 aliphatic rings. The fraction of sp³-hybridized carbons (Fsp3) is 0.161. The minimum Gasteiger partial charge on any atom is -0.486 e. The molecule has 5 aromatic rings. The number of aryl methyl sites for hydroxylation is 2. The summed E-state index contributed by atoms with van der Waals surface area (Å²) in [5.41, 5.74) is 8.87. The molecule has 0 atom stereocenters. The first-order valence-corrected chi connectivity index (χ1v) is 12.3. The molecule has 190 valence electrons. The van der Waals surface area contributed by atoms with Gasteiger partial charge in [-0.15, -0.1) is 6.42 Å². The van der Waals surface area contributed by atoms with E-state index in [1.165, 1.54) is 11.4 Å². The number of amides is 1. The van der Waals surface area contributed by atoms with Crippen LogP contribution in [-0.2, 0) is 13.2 Å². The lowest BCUT2D eigenvalue weighted by molar-refractivity contribution is 0.0923. The maximum Gasteiger partial charge on any atom is 0.307 e. The molecule has 2 aromatic carbocycles. The fourth-order valence-corrected chi connectivity index (χ4v) is 4.63. The van der Waals surface area contributed by atoms with Gasteiger partial charge in [0.2, 0.25) is 0 Å². The molecule has 1 amide bonds. The van der Waals surface area contributed by atoms with E-state index in [0.29, 0.717) is 18.1 Å². The molecule has 0 unspecified atom stereocenters. The van der Waals surface area contributed by atoms with Crippen LogP contribution in [0.25, 0.3) is 16.6 Å². The molecule has 7 nitrogen and oxygen atoms in total. The summed E-state index contributed by atoms with van der Waals surface area (Å²) in [7, 11) is 0. The van der Waals surface area contributed by atoms with Crippen molar-refractivity contribution >= 4 is 23.0 Å². The molecular formula is C31H28N4O3. The first-order chi connectivity index (χ1) is 18.5. The number of para-hydroxylation sites is 1. The molecule has 5 rings (SSSR count). The number of carbonyl (C=O) groups is 1. The van der Waals surface area contributed by atoms with Gasteiger partial charge in [-0.2, -0.15) is 5.10 Å². The Balaban J connectivity index is 1.20. The van der Waals surface area contributed by atoms with Crippen LogP contribution < -0.4 is 10.2 Å². The van der Waals surface area contributed by atoms with Crippen LogP contribution in [0.5, 0.6) is 5.75 Å². The van der Waals surface area contributed by atoms with Gasteiger partial charge in [0.25, 0.3) is 0 Å². The number of nitrogens with one attached hydrogen (secondary N) is 1. The summed E-state index contributed by atoms with van der Waals surface area (Å²) < 4.78 is 15.8. The highest BCUT2D eigenvalue weighted by atomic mass is 16.5. The van der Waals surface area contributed by atoms with Crippen LogP contribution in [-0.4, -0.2) is 21.3 Å². The summed E-state index contributed by atoms with van der Waals surface area (Å²) in [5, 5.41) is 5.18. The number of carbonyl (C=O) groups excluding carboxylic acids is 1. The van der Waals surface area contributed by atoms with Crippen molar-refractivity contribution in [3.8, 4) is 23.8 Å². The summed E-state index contributed by atoms with van der Waals surface area (Å²) in [6.07, 6.45) is 7.18. The van der Waals surface area contributed by atoms with Gasteiger partial charge in [0.15, 0.2) is 5.76 Å². The number of benzene rings is 2. The average molecular weight is 505 g/mol. The van der Waals surface area contributed by atoms with E-state index < -0.39 is 5.91 Å². The quantitative estimate of drug-likeness (QED) is 0.162. The Morgan fingerprint density at radius 2 is 1.76 bits per heavy atom. The Kier molecular flexibility index (Phi) is 6.88. The second kappa shape index (κ2) is 10.6. The number of rotatable bonds is 8. The summed E-state index contributed by atoms with van der Waals surface area (Å²) in [5.74, 6) is 3.64. The van der Waals surface area contributed by atoms with Crippen molar-refractivity contribution in [2.45, 2.75) is 33.9 Å². The van der Waals surface area contributed by atoms with Gasteiger partial charge in [-0.1, -0.05) is 24.1 Å². The molecule has 0 fully saturated rings. The molecule has 0 radical (unpaired) electrons. The van der Waals surface area contributed by atoms with Gasteiger partial charge in [0, 0.05) is 39.2 Å². The Morgan fingerprint density at radius 1 is 1.03 bits per heavy atom. The van der Waals surface area contributed by atoms with Gasteiger partial charge in [0.05, 0.1) is 12.8 Å². The van der Waals surface area contributed by atoms with Gasteiger partial charge in [-0.05, 0) is 75.4 Å². The lowest BCUT2D eigenvalue weighted by atomic mass is 10.1. The minimum atomic E-state index is -0.445. The second-order valence-corrected chi connectivity index (χ2v) is 9.01. The maximum atomic E-state index is 12.6. The van der Waals surface area contributed by atoms with Gasteiger partial charge < -0.3 is 18.3 Å². The third-order valence-electron chi connectivity index (χ3n) is 6.52. The van der Waals surface area contributed by atoms with E-state index >= 15 is 0 Å². The largest absolute Gasteiger partial charge is 0.486 e. The van der Waals surface area contributed by atoms with Gasteiger partial charge in [-0.3, -0.25) is 4.79 Å². The number of hydrogen-bond acceptors (Lipinski definition) is 4. The van der Waals surface area contributed by atoms with Gasteiger partial charge in [0.1, 0.15) is 18.1 Å². The summed E-state index contributed by atoms with van der Waals surface area (Å²) in [4.78, 5) is 12.6. The average Bonchev–Trinajstić information content (AvgIpc) is 3.61. The normalized spacial score (nSPS) is 11.2. The highest BCUT2D eigenvalue weighted by molar-refractivity contribution is 6.01. The Labute approximate surface area is 221 Å². The zero-order valence-electron chi connectivity index (χ0n) is 21.6. The van der Waals surface area contributed by atoms with Crippen LogP contribution in [0.2, 0.25) is 0 Å². The van der Waals surface area contributed by atoms with E-state index in [4.69, 9.17) is 15.6 Å². The van der Waals surface area contributed by atoms with E-state index in [0.717, 1.165) is 27.8 Å². The molecule has 0 saturated heterocycles. The van der Waals surface area contributed by atoms with Crippen LogP contribution >= 0.6 is 0 Å². The molecule has 0 bridgehead atoms. The van der Waals surface area contributed by atoms with Crippen molar-refractivity contribution in [2.75, 3.05) is 0 Å². The first kappa shape index (κ1) is 24.7. The van der Waals surface area contributed by atoms with E-state index in [1.54, 1.807) is 18.3 Å². The van der Waals surface area contributed by atoms with Crippen molar-refractivity contribution < 1.29 is 13.9 Å². The monoisotopic (exact) mass is 504 g/mol. The summed E-state index contributed by atoms with van der Waals surface area (Å²) in [6.45, 7) is 6.79. The Bertz CT molecular complexity index is 1660. The molecule has 1 N–H and O–H groups in total. The molecular weight excluding hydrogens is 476 g/mol. The van der Waals surface area contributed by atoms with Crippen molar-refractivity contribution in [3.05, 3.63) is 107 Å². The number of furan rings is 1. The van der Waals surface area contributed by atoms with Crippen LogP contribution in [0, 0.1) is 33.1 Å². The van der Waals surface area contributed by atoms with Crippen LogP contribution in [0.3, 0.4) is 0 Å². The van der Waals surface area contributed by atoms with E-state index in [9.17, 15) is 4.79 Å². The number of ether oxygens (including phenoxy) is 1. The van der Waals surface area contributed by atoms with Crippen molar-refractivity contribution in [3.63, 3.8) is 0 Å². The molecule has 3 aromatic heterocycles. The topological polar surface area (TPSA) is 73.7 Å². The second-order valence-electron chi connectivity index (χ2n) is 9.01. The van der Waals surface area contributed by atoms with Crippen molar-refractivity contribution in [1.82, 2.24) is 14.6 Å². The lowest BCUT2D eigenvalue weighted by Gasteiger charge is -2.10. The van der Waals surface area contributed by atoms with E-state index in [-0.39, 0.29) is 12.4 Å². The Morgan fingerprint density at radius 3 is 2.50 bits per heavy atom. The van der Waals surface area contributed by atoms with Crippen LogP contribution in [0.1, 0.15) is 39.0 Å². The number of aromatic nitrogens is 2. The van der Waals surface area contributed by atoms with E-state index in [1.807, 2.05) is 60.0 Å². The van der Waals surface area contributed by atoms with Crippen molar-refractivity contribution in [2.24, 2.45) is 5.10 Å². The number of terminal acetylenes is 1. The molecule has 0 aliphatic heterocycles. The van der Waals surface area contributed by atoms with Crippen LogP contribution in [0.15, 0.2) is 82.3 Å². The lowest BCUT2D eigenvalue weighted by Crippen LogP contribution is -2.16. The molecule has 7 heteroatoms. The molecule has 3 heterocycles. The smallest absolute Gasteiger partial charge is 0.307 e. The zero-order chi connectivity index (χ0) is 26.6. The first-order valence-electron chi connectivity index (χ1n) is 12.3. The predicted octanol–water partition coefficient (Wildman–Crippen LogP) is 5.93. The number of fused-ring (bicyclic) bond motifs is 1. The number of hydrazone groups is 1. The van der Waals surface area contributed by atoms with Crippen molar-refractivity contribution in [1.29, 1.82) is 0 Å². The van der Waals surface area contributed by atoms with E-state index in [2.05, 4.69) is 47.0 Å². The highest BCUT2D eigenvalue weighted by Gasteiger charge is 2.13. The number of hydrogen-bond donors (Lipinski definition) is 1.